The average molecular weight is 312 g/mol. The van der Waals surface area contributed by atoms with Gasteiger partial charge < -0.3 is 20.1 Å². The molecule has 2 aromatic rings. The van der Waals surface area contributed by atoms with Gasteiger partial charge in [-0.3, -0.25) is 4.79 Å². The number of hydrogen-bond acceptors (Lipinski definition) is 4. The number of β-lactam (4-membered cyclic amide) rings is 1. The van der Waals surface area contributed by atoms with Crippen molar-refractivity contribution in [1.82, 2.24) is 4.90 Å². The summed E-state index contributed by atoms with van der Waals surface area (Å²) in [4.78, 5) is 14.0. The fourth-order valence-electron chi connectivity index (χ4n) is 2.96. The Morgan fingerprint density at radius 1 is 1.04 bits per heavy atom. The van der Waals surface area contributed by atoms with Crippen LogP contribution < -0.4 is 15.2 Å². The van der Waals surface area contributed by atoms with Gasteiger partial charge >= 0.3 is 0 Å². The van der Waals surface area contributed by atoms with Gasteiger partial charge in [0.25, 0.3) is 0 Å². The zero-order valence-electron chi connectivity index (χ0n) is 13.2. The lowest BCUT2D eigenvalue weighted by atomic mass is 9.88. The highest BCUT2D eigenvalue weighted by Gasteiger charge is 2.45. The number of methoxy groups -OCH3 is 2. The first kappa shape index (κ1) is 15.4. The van der Waals surface area contributed by atoms with Gasteiger partial charge in [0.1, 0.15) is 6.04 Å². The van der Waals surface area contributed by atoms with Gasteiger partial charge in [0.05, 0.1) is 20.3 Å². The summed E-state index contributed by atoms with van der Waals surface area (Å²) in [5.74, 6) is 1.29. The molecule has 23 heavy (non-hydrogen) atoms. The summed E-state index contributed by atoms with van der Waals surface area (Å²) < 4.78 is 10.6. The highest BCUT2D eigenvalue weighted by atomic mass is 16.5. The van der Waals surface area contributed by atoms with Crippen LogP contribution in [0.3, 0.4) is 0 Å². The molecule has 1 amide bonds. The molecule has 0 aromatic heterocycles. The molecular formula is C18H20N2O3. The van der Waals surface area contributed by atoms with Gasteiger partial charge in [-0.05, 0) is 23.3 Å². The van der Waals surface area contributed by atoms with E-state index in [1.807, 2.05) is 48.5 Å². The van der Waals surface area contributed by atoms with Crippen LogP contribution in [0.2, 0.25) is 0 Å². The molecule has 1 aliphatic rings. The summed E-state index contributed by atoms with van der Waals surface area (Å²) in [5.41, 5.74) is 8.04. The Labute approximate surface area is 135 Å². The first-order chi connectivity index (χ1) is 11.2. The quantitative estimate of drug-likeness (QED) is 0.859. The first-order valence-electron chi connectivity index (χ1n) is 7.47. The van der Waals surface area contributed by atoms with Crippen LogP contribution in [0.25, 0.3) is 0 Å². The molecule has 1 aliphatic heterocycles. The van der Waals surface area contributed by atoms with E-state index in [1.165, 1.54) is 0 Å². The topological polar surface area (TPSA) is 64.8 Å². The lowest BCUT2D eigenvalue weighted by Gasteiger charge is -2.45. The highest BCUT2D eigenvalue weighted by molar-refractivity contribution is 5.89. The van der Waals surface area contributed by atoms with Crippen LogP contribution in [0.4, 0.5) is 0 Å². The number of carbonyl (C=O) groups is 1. The second-order valence-corrected chi connectivity index (χ2v) is 5.54. The van der Waals surface area contributed by atoms with Crippen LogP contribution in [0.1, 0.15) is 17.2 Å². The molecule has 120 valence electrons. The summed E-state index contributed by atoms with van der Waals surface area (Å²) in [6.45, 7) is 0.493. The van der Waals surface area contributed by atoms with E-state index in [0.29, 0.717) is 18.0 Å². The van der Waals surface area contributed by atoms with Crippen molar-refractivity contribution in [3.63, 3.8) is 0 Å². The van der Waals surface area contributed by atoms with Gasteiger partial charge in [-0.1, -0.05) is 36.4 Å². The van der Waals surface area contributed by atoms with Crippen LogP contribution in [0.5, 0.6) is 11.5 Å². The monoisotopic (exact) mass is 312 g/mol. The summed E-state index contributed by atoms with van der Waals surface area (Å²) in [7, 11) is 3.19. The third-order valence-electron chi connectivity index (χ3n) is 4.19. The second kappa shape index (κ2) is 6.30. The minimum atomic E-state index is -0.474. The molecule has 2 aromatic carbocycles. The Balaban J connectivity index is 1.83. The normalized spacial score (nSPS) is 20.1. The summed E-state index contributed by atoms with van der Waals surface area (Å²) >= 11 is 0. The molecule has 5 heteroatoms. The molecule has 0 unspecified atom stereocenters. The molecule has 5 nitrogen and oxygen atoms in total. The number of rotatable bonds is 5. The van der Waals surface area contributed by atoms with Crippen molar-refractivity contribution >= 4 is 5.91 Å². The number of benzene rings is 2. The summed E-state index contributed by atoms with van der Waals surface area (Å²) in [6, 6.07) is 15.0. The Morgan fingerprint density at radius 3 is 2.39 bits per heavy atom. The predicted molar refractivity (Wildman–Crippen MR) is 87.3 cm³/mol. The van der Waals surface area contributed by atoms with E-state index in [9.17, 15) is 4.79 Å². The fourth-order valence-corrected chi connectivity index (χ4v) is 2.96. The van der Waals surface area contributed by atoms with Gasteiger partial charge in [-0.2, -0.15) is 0 Å². The van der Waals surface area contributed by atoms with Crippen molar-refractivity contribution in [3.8, 4) is 11.5 Å². The molecular weight excluding hydrogens is 292 g/mol. The van der Waals surface area contributed by atoms with E-state index in [2.05, 4.69) is 0 Å². The smallest absolute Gasteiger partial charge is 0.242 e. The molecule has 1 fully saturated rings. The van der Waals surface area contributed by atoms with Crippen molar-refractivity contribution in [2.75, 3.05) is 14.2 Å². The van der Waals surface area contributed by atoms with Crippen molar-refractivity contribution in [2.45, 2.75) is 18.6 Å². The number of ether oxygens (including phenoxy) is 2. The summed E-state index contributed by atoms with van der Waals surface area (Å²) in [6.07, 6.45) is 0. The number of amides is 1. The SMILES string of the molecule is COc1ccc(CN2C(=O)[C@@H](N)[C@@H]2c2ccccc2)cc1OC. The van der Waals surface area contributed by atoms with Gasteiger partial charge in [0.2, 0.25) is 5.91 Å². The van der Waals surface area contributed by atoms with Gasteiger partial charge in [0, 0.05) is 6.54 Å². The van der Waals surface area contributed by atoms with Crippen LogP contribution in [-0.4, -0.2) is 31.1 Å². The van der Waals surface area contributed by atoms with E-state index in [4.69, 9.17) is 15.2 Å². The van der Waals surface area contributed by atoms with Crippen LogP contribution >= 0.6 is 0 Å². The van der Waals surface area contributed by atoms with Crippen LogP contribution in [0.15, 0.2) is 48.5 Å². The predicted octanol–water partition coefficient (Wildman–Crippen LogP) is 2.11. The van der Waals surface area contributed by atoms with Gasteiger partial charge in [-0.25, -0.2) is 0 Å². The van der Waals surface area contributed by atoms with Crippen molar-refractivity contribution in [2.24, 2.45) is 5.73 Å². The number of nitrogens with zero attached hydrogens (tertiary/aromatic N) is 1. The molecule has 3 rings (SSSR count). The Kier molecular flexibility index (Phi) is 4.21. The number of nitrogens with two attached hydrogens (primary N) is 1. The maximum absolute atomic E-state index is 12.2. The van der Waals surface area contributed by atoms with E-state index in [1.54, 1.807) is 19.1 Å². The van der Waals surface area contributed by atoms with Gasteiger partial charge in [-0.15, -0.1) is 0 Å². The molecule has 0 aliphatic carbocycles. The molecule has 0 radical (unpaired) electrons. The van der Waals surface area contributed by atoms with Crippen molar-refractivity contribution in [1.29, 1.82) is 0 Å². The molecule has 0 saturated carbocycles. The highest BCUT2D eigenvalue weighted by Crippen LogP contribution is 2.36. The zero-order chi connectivity index (χ0) is 16.4. The van der Waals surface area contributed by atoms with Gasteiger partial charge in [0.15, 0.2) is 11.5 Å². The minimum Gasteiger partial charge on any atom is -0.493 e. The number of likely N-dealkylation sites (tertiary alicyclic amines) is 1. The third-order valence-corrected chi connectivity index (χ3v) is 4.19. The van der Waals surface area contributed by atoms with Crippen molar-refractivity contribution in [3.05, 3.63) is 59.7 Å². The van der Waals surface area contributed by atoms with Crippen LogP contribution in [-0.2, 0) is 11.3 Å². The lowest BCUT2D eigenvalue weighted by molar-refractivity contribution is -0.150. The molecule has 1 heterocycles. The molecule has 2 atom stereocenters. The fraction of sp³-hybridized carbons (Fsp3) is 0.278. The first-order valence-corrected chi connectivity index (χ1v) is 7.47. The zero-order valence-corrected chi connectivity index (χ0v) is 13.2. The molecule has 1 saturated heterocycles. The lowest BCUT2D eigenvalue weighted by Crippen LogP contribution is -2.62. The average Bonchev–Trinajstić information content (AvgIpc) is 2.61. The maximum atomic E-state index is 12.2. The van der Waals surface area contributed by atoms with E-state index >= 15 is 0 Å². The molecule has 2 N–H and O–H groups in total. The van der Waals surface area contributed by atoms with E-state index in [0.717, 1.165) is 11.1 Å². The Hall–Kier alpha value is -2.53. The van der Waals surface area contributed by atoms with E-state index in [-0.39, 0.29) is 11.9 Å². The van der Waals surface area contributed by atoms with Crippen LogP contribution in [0, 0.1) is 0 Å². The Bertz CT molecular complexity index is 703. The largest absolute Gasteiger partial charge is 0.493 e. The minimum absolute atomic E-state index is 0.0337. The maximum Gasteiger partial charge on any atom is 0.242 e. The number of hydrogen-bond donors (Lipinski definition) is 1. The molecule has 0 bridgehead atoms. The Morgan fingerprint density at radius 2 is 1.74 bits per heavy atom. The summed E-state index contributed by atoms with van der Waals surface area (Å²) in [5, 5.41) is 0. The molecule has 0 spiro atoms. The standard InChI is InChI=1S/C18H20N2O3/c1-22-14-9-8-12(10-15(14)23-2)11-20-17(16(19)18(20)21)13-6-4-3-5-7-13/h3-10,16-17H,11,19H2,1-2H3/t16-,17-/m0/s1. The number of carbonyl (C=O) groups excluding carboxylic acids is 1. The van der Waals surface area contributed by atoms with Crippen molar-refractivity contribution < 1.29 is 14.3 Å². The van der Waals surface area contributed by atoms with E-state index < -0.39 is 6.04 Å². The third kappa shape index (κ3) is 2.75. The second-order valence-electron chi connectivity index (χ2n) is 5.54.